The van der Waals surface area contributed by atoms with Crippen LogP contribution in [0.5, 0.6) is 11.5 Å². The van der Waals surface area contributed by atoms with Crippen LogP contribution in [0.25, 0.3) is 10.2 Å². The number of hydrogen-bond donors (Lipinski definition) is 0. The Morgan fingerprint density at radius 3 is 2.79 bits per heavy atom. The van der Waals surface area contributed by atoms with Crippen LogP contribution in [0, 0.1) is 0 Å². The molecule has 6 heteroatoms. The van der Waals surface area contributed by atoms with Crippen LogP contribution < -0.4 is 14.3 Å². The standard InChI is InChI=1S/C18H16N2O3S/c1-2-20-12-7-3-6-10-16(12)24-18(20)19-17(21)15-11-22-13-8-4-5-9-14(13)23-15/h3-10,15H,2,11H2,1H3/t15-/m0/s1. The average molecular weight is 340 g/mol. The number of thiazole rings is 1. The summed E-state index contributed by atoms with van der Waals surface area (Å²) in [6.07, 6.45) is -0.713. The minimum atomic E-state index is -0.713. The zero-order valence-electron chi connectivity index (χ0n) is 13.1. The summed E-state index contributed by atoms with van der Waals surface area (Å²) in [5.41, 5.74) is 1.09. The third-order valence-corrected chi connectivity index (χ3v) is 4.95. The van der Waals surface area contributed by atoms with Crippen molar-refractivity contribution in [1.82, 2.24) is 4.57 Å². The Morgan fingerprint density at radius 1 is 1.21 bits per heavy atom. The number of para-hydroxylation sites is 3. The fourth-order valence-corrected chi connectivity index (χ4v) is 3.82. The second kappa shape index (κ2) is 6.13. The maximum absolute atomic E-state index is 12.5. The largest absolute Gasteiger partial charge is 0.485 e. The highest BCUT2D eigenvalue weighted by atomic mass is 32.1. The van der Waals surface area contributed by atoms with Crippen LogP contribution in [0.1, 0.15) is 6.92 Å². The molecule has 5 nitrogen and oxygen atoms in total. The van der Waals surface area contributed by atoms with E-state index >= 15 is 0 Å². The summed E-state index contributed by atoms with van der Waals surface area (Å²) in [6.45, 7) is 2.97. The SMILES string of the molecule is CCn1c(=NC(=O)[C@@H]2COc3ccccc3O2)sc2ccccc21. The zero-order chi connectivity index (χ0) is 16.5. The van der Waals surface area contributed by atoms with Crippen LogP contribution in [0.4, 0.5) is 0 Å². The Kier molecular flexibility index (Phi) is 3.82. The number of carbonyl (C=O) groups excluding carboxylic acids is 1. The number of amides is 1. The highest BCUT2D eigenvalue weighted by Crippen LogP contribution is 2.31. The highest BCUT2D eigenvalue weighted by Gasteiger charge is 2.27. The molecule has 0 saturated heterocycles. The van der Waals surface area contributed by atoms with Gasteiger partial charge in [-0.2, -0.15) is 4.99 Å². The molecule has 1 aromatic heterocycles. The van der Waals surface area contributed by atoms with Gasteiger partial charge in [-0.1, -0.05) is 35.6 Å². The van der Waals surface area contributed by atoms with Gasteiger partial charge >= 0.3 is 0 Å². The van der Waals surface area contributed by atoms with E-state index in [1.54, 1.807) is 6.07 Å². The van der Waals surface area contributed by atoms with E-state index < -0.39 is 6.10 Å². The first-order valence-electron chi connectivity index (χ1n) is 7.81. The summed E-state index contributed by atoms with van der Waals surface area (Å²) in [7, 11) is 0. The number of nitrogens with zero attached hydrogens (tertiary/aromatic N) is 2. The molecule has 0 bridgehead atoms. The van der Waals surface area contributed by atoms with Crippen molar-refractivity contribution in [2.45, 2.75) is 19.6 Å². The van der Waals surface area contributed by atoms with Gasteiger partial charge in [0.25, 0.3) is 5.91 Å². The third-order valence-electron chi connectivity index (χ3n) is 3.89. The van der Waals surface area contributed by atoms with Crippen molar-refractivity contribution < 1.29 is 14.3 Å². The molecule has 0 radical (unpaired) electrons. The number of carbonyl (C=O) groups is 1. The van der Waals surface area contributed by atoms with Gasteiger partial charge in [-0.3, -0.25) is 4.79 Å². The lowest BCUT2D eigenvalue weighted by Gasteiger charge is -2.23. The van der Waals surface area contributed by atoms with Gasteiger partial charge < -0.3 is 14.0 Å². The quantitative estimate of drug-likeness (QED) is 0.721. The molecule has 2 aromatic carbocycles. The Balaban J connectivity index is 1.68. The molecule has 0 saturated carbocycles. The maximum Gasteiger partial charge on any atom is 0.292 e. The van der Waals surface area contributed by atoms with E-state index in [9.17, 15) is 4.79 Å². The molecule has 0 spiro atoms. The van der Waals surface area contributed by atoms with E-state index in [0.29, 0.717) is 16.3 Å². The molecule has 1 amide bonds. The molecule has 1 atom stereocenters. The highest BCUT2D eigenvalue weighted by molar-refractivity contribution is 7.16. The molecule has 0 aliphatic carbocycles. The summed E-state index contributed by atoms with van der Waals surface area (Å²) >= 11 is 1.51. The predicted octanol–water partition coefficient (Wildman–Crippen LogP) is 2.99. The third kappa shape index (κ3) is 2.59. The van der Waals surface area contributed by atoms with E-state index in [1.807, 2.05) is 54.0 Å². The minimum Gasteiger partial charge on any atom is -0.485 e. The van der Waals surface area contributed by atoms with E-state index in [0.717, 1.165) is 16.8 Å². The van der Waals surface area contributed by atoms with Crippen molar-refractivity contribution in [2.75, 3.05) is 6.61 Å². The summed E-state index contributed by atoms with van der Waals surface area (Å²) in [5, 5.41) is 0. The number of rotatable bonds is 2. The average Bonchev–Trinajstić information content (AvgIpc) is 2.98. The van der Waals surface area contributed by atoms with E-state index in [4.69, 9.17) is 9.47 Å². The summed E-state index contributed by atoms with van der Waals surface area (Å²) in [6, 6.07) is 15.4. The molecule has 122 valence electrons. The molecule has 4 rings (SSSR count). The zero-order valence-corrected chi connectivity index (χ0v) is 14.0. The Bertz CT molecular complexity index is 974. The number of aromatic nitrogens is 1. The molecule has 24 heavy (non-hydrogen) atoms. The van der Waals surface area contributed by atoms with Crippen LogP contribution in [0.15, 0.2) is 53.5 Å². The van der Waals surface area contributed by atoms with Crippen LogP contribution in [0.3, 0.4) is 0 Å². The van der Waals surface area contributed by atoms with Crippen LogP contribution in [-0.2, 0) is 11.3 Å². The lowest BCUT2D eigenvalue weighted by Crippen LogP contribution is -2.36. The van der Waals surface area contributed by atoms with Gasteiger partial charge in [-0.15, -0.1) is 0 Å². The van der Waals surface area contributed by atoms with Gasteiger partial charge in [0.1, 0.15) is 6.61 Å². The van der Waals surface area contributed by atoms with E-state index in [2.05, 4.69) is 4.99 Å². The fraction of sp³-hybridized carbons (Fsp3) is 0.222. The topological polar surface area (TPSA) is 52.8 Å². The summed E-state index contributed by atoms with van der Waals surface area (Å²) in [5.74, 6) is 0.919. The number of benzene rings is 2. The number of hydrogen-bond acceptors (Lipinski definition) is 4. The second-order valence-corrected chi connectivity index (χ2v) is 6.42. The monoisotopic (exact) mass is 340 g/mol. The van der Waals surface area contributed by atoms with Gasteiger partial charge in [0.2, 0.25) is 6.10 Å². The normalized spacial score (nSPS) is 17.2. The van der Waals surface area contributed by atoms with Crippen molar-refractivity contribution in [1.29, 1.82) is 0 Å². The smallest absolute Gasteiger partial charge is 0.292 e. The van der Waals surface area contributed by atoms with Crippen LogP contribution in [-0.4, -0.2) is 23.2 Å². The van der Waals surface area contributed by atoms with Crippen molar-refractivity contribution in [3.05, 3.63) is 53.3 Å². The van der Waals surface area contributed by atoms with Gasteiger partial charge in [0, 0.05) is 6.54 Å². The molecular formula is C18H16N2O3S. The van der Waals surface area contributed by atoms with Gasteiger partial charge in [-0.25, -0.2) is 0 Å². The lowest BCUT2D eigenvalue weighted by molar-refractivity contribution is -0.127. The van der Waals surface area contributed by atoms with Crippen LogP contribution in [0.2, 0.25) is 0 Å². The molecule has 0 unspecified atom stereocenters. The first-order chi connectivity index (χ1) is 11.8. The Hall–Kier alpha value is -2.60. The first kappa shape index (κ1) is 15.0. The summed E-state index contributed by atoms with van der Waals surface area (Å²) < 4.78 is 14.5. The predicted molar refractivity (Wildman–Crippen MR) is 92.4 cm³/mol. The van der Waals surface area contributed by atoms with Gasteiger partial charge in [-0.05, 0) is 31.2 Å². The number of aryl methyl sites for hydroxylation is 1. The van der Waals surface area contributed by atoms with Crippen molar-refractivity contribution >= 4 is 27.5 Å². The molecule has 2 heterocycles. The number of ether oxygens (including phenoxy) is 2. The molecule has 1 aliphatic rings. The van der Waals surface area contributed by atoms with E-state index in [-0.39, 0.29) is 12.5 Å². The van der Waals surface area contributed by atoms with Gasteiger partial charge in [0.05, 0.1) is 10.2 Å². The summed E-state index contributed by atoms with van der Waals surface area (Å²) in [4.78, 5) is 17.5. The van der Waals surface area contributed by atoms with E-state index in [1.165, 1.54) is 11.3 Å². The van der Waals surface area contributed by atoms with Gasteiger partial charge in [0.15, 0.2) is 16.3 Å². The fourth-order valence-electron chi connectivity index (χ4n) is 2.72. The Labute approximate surface area is 142 Å². The molecule has 3 aromatic rings. The van der Waals surface area contributed by atoms with Crippen molar-refractivity contribution in [3.8, 4) is 11.5 Å². The second-order valence-electron chi connectivity index (χ2n) is 5.41. The minimum absolute atomic E-state index is 0.177. The first-order valence-corrected chi connectivity index (χ1v) is 8.63. The lowest BCUT2D eigenvalue weighted by atomic mass is 10.2. The maximum atomic E-state index is 12.5. The van der Waals surface area contributed by atoms with Crippen molar-refractivity contribution in [3.63, 3.8) is 0 Å². The molecule has 1 aliphatic heterocycles. The Morgan fingerprint density at radius 2 is 1.96 bits per heavy atom. The molecule has 0 N–H and O–H groups in total. The van der Waals surface area contributed by atoms with Crippen molar-refractivity contribution in [2.24, 2.45) is 4.99 Å². The molecular weight excluding hydrogens is 324 g/mol. The molecule has 0 fully saturated rings. The van der Waals surface area contributed by atoms with Crippen LogP contribution >= 0.6 is 11.3 Å². The number of fused-ring (bicyclic) bond motifs is 2.